The average molecular weight is 299 g/mol. The molecule has 0 N–H and O–H groups in total. The van der Waals surface area contributed by atoms with Crippen LogP contribution in [0.4, 0.5) is 5.69 Å². The van der Waals surface area contributed by atoms with Crippen LogP contribution >= 0.6 is 0 Å². The van der Waals surface area contributed by atoms with E-state index in [-0.39, 0.29) is 0 Å². The number of ether oxygens (including phenoxy) is 1. The molecule has 0 atom stereocenters. The Bertz CT molecular complexity index is 587. The first-order chi connectivity index (χ1) is 9.91. The van der Waals surface area contributed by atoms with Crippen LogP contribution in [0.15, 0.2) is 48.5 Å². The Balaban J connectivity index is 2.14. The lowest BCUT2D eigenvalue weighted by Crippen LogP contribution is -2.37. The summed E-state index contributed by atoms with van der Waals surface area (Å²) in [5, 5.41) is 1.51. The lowest BCUT2D eigenvalue weighted by atomic mass is 10.2. The maximum atomic E-state index is 5.43. The van der Waals surface area contributed by atoms with Gasteiger partial charge in [-0.15, -0.1) is 0 Å². The number of hydrogen-bond acceptors (Lipinski definition) is 2. The SMILES string of the molecule is COc1ccccc1N(C)Cc1ccc([Si](C)(C)C)cc1. The van der Waals surface area contributed by atoms with E-state index < -0.39 is 8.07 Å². The molecule has 112 valence electrons. The Morgan fingerprint density at radius 3 is 2.14 bits per heavy atom. The number of rotatable bonds is 5. The van der Waals surface area contributed by atoms with Gasteiger partial charge < -0.3 is 9.64 Å². The molecule has 0 aliphatic carbocycles. The number of methoxy groups -OCH3 is 1. The van der Waals surface area contributed by atoms with E-state index in [2.05, 4.69) is 61.9 Å². The number of para-hydroxylation sites is 2. The fourth-order valence-electron chi connectivity index (χ4n) is 2.41. The third-order valence-electron chi connectivity index (χ3n) is 3.74. The fraction of sp³-hybridized carbons (Fsp3) is 0.333. The van der Waals surface area contributed by atoms with Crippen molar-refractivity contribution in [3.63, 3.8) is 0 Å². The molecule has 0 heterocycles. The second-order valence-electron chi connectivity index (χ2n) is 6.47. The van der Waals surface area contributed by atoms with Crippen LogP contribution in [-0.2, 0) is 6.54 Å². The van der Waals surface area contributed by atoms with Gasteiger partial charge in [0.2, 0.25) is 0 Å². The molecule has 3 heteroatoms. The van der Waals surface area contributed by atoms with Crippen molar-refractivity contribution in [3.05, 3.63) is 54.1 Å². The predicted octanol–water partition coefficient (Wildman–Crippen LogP) is 3.88. The Morgan fingerprint density at radius 1 is 0.952 bits per heavy atom. The maximum Gasteiger partial charge on any atom is 0.142 e. The van der Waals surface area contributed by atoms with Crippen LogP contribution in [0, 0.1) is 0 Å². The molecule has 0 radical (unpaired) electrons. The number of benzene rings is 2. The standard InChI is InChI=1S/C18H25NOSi/c1-19(17-8-6-7-9-18(17)20-2)14-15-10-12-16(13-11-15)21(3,4)5/h6-13H,14H2,1-5H3. The summed E-state index contributed by atoms with van der Waals surface area (Å²) in [7, 11) is 2.61. The van der Waals surface area contributed by atoms with E-state index in [1.54, 1.807) is 7.11 Å². The van der Waals surface area contributed by atoms with Crippen LogP contribution in [0.1, 0.15) is 5.56 Å². The summed E-state index contributed by atoms with van der Waals surface area (Å²) in [6.45, 7) is 8.02. The van der Waals surface area contributed by atoms with E-state index in [1.165, 1.54) is 10.8 Å². The van der Waals surface area contributed by atoms with Crippen LogP contribution in [0.25, 0.3) is 0 Å². The minimum absolute atomic E-state index is 0.881. The molecular weight excluding hydrogens is 274 g/mol. The lowest BCUT2D eigenvalue weighted by molar-refractivity contribution is 0.415. The average Bonchev–Trinajstić information content (AvgIpc) is 2.46. The second kappa shape index (κ2) is 6.35. The number of hydrogen-bond donors (Lipinski definition) is 0. The summed E-state index contributed by atoms with van der Waals surface area (Å²) in [6, 6.07) is 17.2. The summed E-state index contributed by atoms with van der Waals surface area (Å²) in [5.74, 6) is 0.915. The molecule has 2 aromatic rings. The second-order valence-corrected chi connectivity index (χ2v) is 11.6. The lowest BCUT2D eigenvalue weighted by Gasteiger charge is -2.22. The zero-order chi connectivity index (χ0) is 15.5. The molecule has 2 nitrogen and oxygen atoms in total. The Labute approximate surface area is 129 Å². The molecule has 0 unspecified atom stereocenters. The number of nitrogens with zero attached hydrogens (tertiary/aromatic N) is 1. The van der Waals surface area contributed by atoms with E-state index in [0.29, 0.717) is 0 Å². The molecule has 0 aliphatic heterocycles. The van der Waals surface area contributed by atoms with Crippen molar-refractivity contribution in [1.29, 1.82) is 0 Å². The Morgan fingerprint density at radius 2 is 1.57 bits per heavy atom. The monoisotopic (exact) mass is 299 g/mol. The minimum Gasteiger partial charge on any atom is -0.495 e. The smallest absolute Gasteiger partial charge is 0.142 e. The predicted molar refractivity (Wildman–Crippen MR) is 94.5 cm³/mol. The van der Waals surface area contributed by atoms with E-state index in [4.69, 9.17) is 4.74 Å². The molecule has 0 amide bonds. The van der Waals surface area contributed by atoms with E-state index in [9.17, 15) is 0 Å². The van der Waals surface area contributed by atoms with Crippen LogP contribution in [-0.4, -0.2) is 22.2 Å². The molecule has 0 bridgehead atoms. The summed E-state index contributed by atoms with van der Waals surface area (Å²) in [5.41, 5.74) is 2.44. The fourth-order valence-corrected chi connectivity index (χ4v) is 3.58. The van der Waals surface area contributed by atoms with Crippen molar-refractivity contribution in [2.24, 2.45) is 0 Å². The first-order valence-corrected chi connectivity index (χ1v) is 10.9. The normalized spacial score (nSPS) is 11.3. The molecule has 0 saturated carbocycles. The molecule has 0 fully saturated rings. The van der Waals surface area contributed by atoms with Crippen LogP contribution in [0.3, 0.4) is 0 Å². The maximum absolute atomic E-state index is 5.43. The van der Waals surface area contributed by atoms with E-state index >= 15 is 0 Å². The summed E-state index contributed by atoms with van der Waals surface area (Å²) in [4.78, 5) is 2.22. The summed E-state index contributed by atoms with van der Waals surface area (Å²) >= 11 is 0. The molecule has 0 spiro atoms. The Kier molecular flexibility index (Phi) is 4.73. The van der Waals surface area contributed by atoms with Crippen molar-refractivity contribution in [1.82, 2.24) is 0 Å². The number of anilines is 1. The van der Waals surface area contributed by atoms with Gasteiger partial charge in [0, 0.05) is 13.6 Å². The topological polar surface area (TPSA) is 12.5 Å². The molecule has 0 saturated heterocycles. The summed E-state index contributed by atoms with van der Waals surface area (Å²) in [6.07, 6.45) is 0. The largest absolute Gasteiger partial charge is 0.495 e. The van der Waals surface area contributed by atoms with Crippen molar-refractivity contribution in [2.75, 3.05) is 19.1 Å². The molecular formula is C18H25NOSi. The summed E-state index contributed by atoms with van der Waals surface area (Å²) < 4.78 is 5.43. The molecule has 2 aromatic carbocycles. The van der Waals surface area contributed by atoms with Gasteiger partial charge >= 0.3 is 0 Å². The molecule has 2 rings (SSSR count). The Hall–Kier alpha value is -1.74. The van der Waals surface area contributed by atoms with Gasteiger partial charge in [0.1, 0.15) is 5.75 Å². The van der Waals surface area contributed by atoms with Gasteiger partial charge in [-0.25, -0.2) is 0 Å². The van der Waals surface area contributed by atoms with Crippen molar-refractivity contribution < 1.29 is 4.74 Å². The van der Waals surface area contributed by atoms with Gasteiger partial charge in [-0.05, 0) is 17.7 Å². The van der Waals surface area contributed by atoms with Gasteiger partial charge in [-0.1, -0.05) is 61.2 Å². The van der Waals surface area contributed by atoms with Gasteiger partial charge in [-0.3, -0.25) is 0 Å². The highest BCUT2D eigenvalue weighted by Crippen LogP contribution is 2.27. The van der Waals surface area contributed by atoms with E-state index in [0.717, 1.165) is 18.0 Å². The molecule has 0 aliphatic rings. The molecule has 0 aromatic heterocycles. The van der Waals surface area contributed by atoms with Gasteiger partial charge in [-0.2, -0.15) is 0 Å². The zero-order valence-corrected chi connectivity index (χ0v) is 14.7. The van der Waals surface area contributed by atoms with Crippen molar-refractivity contribution in [2.45, 2.75) is 26.2 Å². The third kappa shape index (κ3) is 3.88. The highest BCUT2D eigenvalue weighted by atomic mass is 28.3. The first kappa shape index (κ1) is 15.6. The van der Waals surface area contributed by atoms with Gasteiger partial charge in [0.05, 0.1) is 20.9 Å². The van der Waals surface area contributed by atoms with Gasteiger partial charge in [0.25, 0.3) is 0 Å². The van der Waals surface area contributed by atoms with Gasteiger partial charge in [0.15, 0.2) is 0 Å². The highest BCUT2D eigenvalue weighted by molar-refractivity contribution is 6.88. The van der Waals surface area contributed by atoms with Crippen LogP contribution in [0.5, 0.6) is 5.75 Å². The van der Waals surface area contributed by atoms with Crippen molar-refractivity contribution >= 4 is 18.9 Å². The zero-order valence-electron chi connectivity index (χ0n) is 13.7. The van der Waals surface area contributed by atoms with Crippen LogP contribution < -0.4 is 14.8 Å². The highest BCUT2D eigenvalue weighted by Gasteiger charge is 2.16. The molecule has 21 heavy (non-hydrogen) atoms. The first-order valence-electron chi connectivity index (χ1n) is 7.35. The minimum atomic E-state index is -1.21. The van der Waals surface area contributed by atoms with E-state index in [1.807, 2.05) is 18.2 Å². The van der Waals surface area contributed by atoms with Crippen LogP contribution in [0.2, 0.25) is 19.6 Å². The third-order valence-corrected chi connectivity index (χ3v) is 5.80. The quantitative estimate of drug-likeness (QED) is 0.777. The van der Waals surface area contributed by atoms with Crippen molar-refractivity contribution in [3.8, 4) is 5.75 Å².